The Balaban J connectivity index is 1.26. The van der Waals surface area contributed by atoms with E-state index >= 15 is 4.79 Å². The molecule has 0 aromatic carbocycles. The van der Waals surface area contributed by atoms with Crippen molar-refractivity contribution in [2.24, 2.45) is 28.9 Å². The van der Waals surface area contributed by atoms with Gasteiger partial charge in [0.1, 0.15) is 100 Å². The van der Waals surface area contributed by atoms with Crippen molar-refractivity contribution >= 4 is 86.8 Å². The predicted octanol–water partition coefficient (Wildman–Crippen LogP) is -8.07. The molecule has 6 heterocycles. The fourth-order valence-electron chi connectivity index (χ4n) is 9.75. The van der Waals surface area contributed by atoms with Gasteiger partial charge in [0.2, 0.25) is 29.5 Å². The third kappa shape index (κ3) is 20.6. The highest BCUT2D eigenvalue weighted by atomic mass is 32.2. The second-order valence-corrected chi connectivity index (χ2v) is 26.9. The Hall–Kier alpha value is -7.30. The van der Waals surface area contributed by atoms with E-state index in [2.05, 4.69) is 74.3 Å². The zero-order chi connectivity index (χ0) is 71.0. The Labute approximate surface area is 559 Å². The standard InChI is InChI=1S/C55H83N17O21S3/c1-20-33(69-46(72-44(20)58)25(12-31(57)76)64-13-24(56)45(59)82)50(86)71-35(41(26-14-61-19-65-26)91-54-43(39(80)37(78)29(15-73)90-54)92-53-40(81)42(93-55(60)88)38(79)30(16-74)89-53)51(87)66-22(3)36(77)21(2)47(83)70-34(23(4)75)49(85)63-10-8-32-67-28(18-94-32)52-68-27(17-95-52)48(84)62-9-7-11-96(5)6/h14,17-19,21-25,29-30,34-43,53-54,64,73-75,77-81H,7-13,15-16,56H2,1-6H3,(H13-,57,58,59,60,61,62,63,65,66,69,70,71,72,76,82,83,84,85,86,87,88)/t21-,22+,23?,24?,25?,29-,30+,34?,35?,36-,37-,38+,39-,40-,41?,42-,43-,53+,54-/m0/s1. The number of thiazole rings is 2. The molecule has 0 saturated carbocycles. The van der Waals surface area contributed by atoms with Crippen LogP contribution >= 0.6 is 22.7 Å². The summed E-state index contributed by atoms with van der Waals surface area (Å²) >= 11 is 2.52. The number of carbonyl (C=O) groups is 8. The van der Waals surface area contributed by atoms with Crippen LogP contribution in [0.3, 0.4) is 0 Å². The summed E-state index contributed by atoms with van der Waals surface area (Å²) in [5, 5.41) is 108. The maximum absolute atomic E-state index is 15.2. The molecular weight excluding hydrogens is 1330 g/mol. The minimum atomic E-state index is -2.21. The smallest absolute Gasteiger partial charge is 0.404 e. The lowest BCUT2D eigenvalue weighted by Crippen LogP contribution is -2.65. The van der Waals surface area contributed by atoms with Crippen LogP contribution in [-0.4, -0.2) is 262 Å². The molecule has 96 heavy (non-hydrogen) atoms. The first-order chi connectivity index (χ1) is 45.3. The molecule has 0 bridgehead atoms. The molecule has 532 valence electrons. The van der Waals surface area contributed by atoms with Crippen LogP contribution in [0.4, 0.5) is 10.6 Å². The number of nitrogen functional groups attached to an aromatic ring is 1. The van der Waals surface area contributed by atoms with Crippen molar-refractivity contribution in [3.8, 4) is 10.7 Å². The van der Waals surface area contributed by atoms with E-state index in [9.17, 15) is 74.4 Å². The van der Waals surface area contributed by atoms with Gasteiger partial charge in [-0.3, -0.25) is 33.6 Å². The number of ether oxygens (including phenoxy) is 5. The number of anilines is 1. The summed E-state index contributed by atoms with van der Waals surface area (Å²) in [4.78, 5) is 132. The van der Waals surface area contributed by atoms with Crippen molar-refractivity contribution in [1.29, 1.82) is 0 Å². The van der Waals surface area contributed by atoms with Crippen LogP contribution in [0.15, 0.2) is 23.3 Å². The first-order valence-electron chi connectivity index (χ1n) is 29.8. The molecule has 2 aliphatic heterocycles. The number of hydrogen-bond acceptors (Lipinski definition) is 31. The third-order valence-corrected chi connectivity index (χ3v) is 18.1. The summed E-state index contributed by atoms with van der Waals surface area (Å²) in [5.41, 5.74) is 27.9. The van der Waals surface area contributed by atoms with Gasteiger partial charge in [0, 0.05) is 55.2 Å². The van der Waals surface area contributed by atoms with Crippen molar-refractivity contribution in [2.45, 2.75) is 157 Å². The summed E-state index contributed by atoms with van der Waals surface area (Å²) in [6.45, 7) is 3.14. The molecule has 6 rings (SSSR count). The average Bonchev–Trinajstić information content (AvgIpc) is 0.885. The Morgan fingerprint density at radius 3 is 2.09 bits per heavy atom. The quantitative estimate of drug-likeness (QED) is 0.0150. The number of carbonyl (C=O) groups excluding carboxylic acids is 8. The van der Waals surface area contributed by atoms with Gasteiger partial charge in [0.05, 0.1) is 67.0 Å². The second kappa shape index (κ2) is 35.8. The van der Waals surface area contributed by atoms with Crippen molar-refractivity contribution in [1.82, 2.24) is 61.8 Å². The molecular formula is C55H83N17O21S3. The number of aliphatic hydroxyl groups excluding tert-OH is 8. The summed E-state index contributed by atoms with van der Waals surface area (Å²) in [5.74, 6) is -7.76. The molecule has 6 unspecified atom stereocenters. The molecule has 41 heteroatoms. The van der Waals surface area contributed by atoms with Gasteiger partial charge >= 0.3 is 6.09 Å². The highest BCUT2D eigenvalue weighted by molar-refractivity contribution is 7.95. The maximum Gasteiger partial charge on any atom is 0.404 e. The number of nitrogens with two attached hydrogens (primary N) is 5. The first-order valence-corrected chi connectivity index (χ1v) is 33.8. The average molecular weight is 1410 g/mol. The van der Waals surface area contributed by atoms with E-state index in [0.29, 0.717) is 22.3 Å². The van der Waals surface area contributed by atoms with Crippen molar-refractivity contribution in [2.75, 3.05) is 56.8 Å². The van der Waals surface area contributed by atoms with Gasteiger partial charge in [-0.05, 0) is 37.4 Å². The Morgan fingerprint density at radius 1 is 0.781 bits per heavy atom. The minimum absolute atomic E-state index is 0.00721. The number of nitrogens with one attached hydrogen (secondary N) is 6. The summed E-state index contributed by atoms with van der Waals surface area (Å²) in [7, 11) is 0.253. The molecule has 24 N–H and O–H groups in total. The number of primary amides is 3. The summed E-state index contributed by atoms with van der Waals surface area (Å²) in [6, 6.07) is -7.90. The van der Waals surface area contributed by atoms with E-state index in [-0.39, 0.29) is 64.9 Å². The molecule has 2 aliphatic rings. The Bertz CT molecular complexity index is 3280. The van der Waals surface area contributed by atoms with Crippen LogP contribution in [0.5, 0.6) is 0 Å². The molecule has 2 fully saturated rings. The Morgan fingerprint density at radius 2 is 1.47 bits per heavy atom. The van der Waals surface area contributed by atoms with Crippen LogP contribution in [0.2, 0.25) is 0 Å². The van der Waals surface area contributed by atoms with Gasteiger partial charge in [-0.25, -0.2) is 24.7 Å². The highest BCUT2D eigenvalue weighted by Crippen LogP contribution is 2.35. The normalized spacial score (nSPS) is 24.0. The summed E-state index contributed by atoms with van der Waals surface area (Å²) in [6.07, 6.45) is -20.3. The topological polar surface area (TPSA) is 625 Å². The molecule has 19 atom stereocenters. The van der Waals surface area contributed by atoms with Gasteiger partial charge < -0.3 is 135 Å². The van der Waals surface area contributed by atoms with E-state index in [4.69, 9.17) is 52.4 Å². The molecule has 4 aromatic rings. The molecule has 38 nitrogen and oxygen atoms in total. The molecule has 8 amide bonds. The number of hydrogen-bond donors (Lipinski definition) is 19. The van der Waals surface area contributed by atoms with Gasteiger partial charge in [0.25, 0.3) is 11.8 Å². The fourth-order valence-corrected chi connectivity index (χ4v) is 12.1. The third-order valence-electron chi connectivity index (χ3n) is 15.2. The number of amides is 8. The zero-order valence-electron chi connectivity index (χ0n) is 52.8. The minimum Gasteiger partial charge on any atom is -0.449 e. The van der Waals surface area contributed by atoms with E-state index < -0.39 is 183 Å². The fraction of sp³-hybridized carbons (Fsp3) is 0.618. The number of rotatable bonds is 35. The van der Waals surface area contributed by atoms with Crippen LogP contribution in [0.1, 0.15) is 88.8 Å². The summed E-state index contributed by atoms with van der Waals surface area (Å²) < 4.78 is 28.7. The lowest BCUT2D eigenvalue weighted by Gasteiger charge is -2.47. The first kappa shape index (κ1) is 77.7. The zero-order valence-corrected chi connectivity index (χ0v) is 55.3. The lowest BCUT2D eigenvalue weighted by molar-refractivity contribution is -0.372. The van der Waals surface area contributed by atoms with Gasteiger partial charge in [-0.1, -0.05) is 19.4 Å². The van der Waals surface area contributed by atoms with Crippen LogP contribution < -0.4 is 65.6 Å². The molecule has 0 radical (unpaired) electrons. The SMILES string of the molecule is Cc1c(N)nc(C(CC(N)=O)NCC(N)C(N)=O)nc1C(=O)NC(C(=O)N[C@H](C)[C@@H](O)[C@H](C)C(=O)NC(C(=O)NCCc1nc(-c2nc(C(=O)NCCC[S+](C)C)cs2)cs1)C(C)O)C(O[C@@H]1O[C@@H](CO)[C@H](O)[C@H](O)[C@@H]1O[C@H]1O[C@H](CO)[C@@H](O)[C@H](OC(N)=O)[C@@H]1O)c1c[n-]cn1. The maximum atomic E-state index is 15.2. The molecule has 4 aromatic heterocycles. The lowest BCUT2D eigenvalue weighted by atomic mass is 9.96. The molecule has 2 saturated heterocycles. The Kier molecular flexibility index (Phi) is 29.0. The number of imidazole rings is 1. The largest absolute Gasteiger partial charge is 0.449 e. The van der Waals surface area contributed by atoms with Gasteiger partial charge in [-0.15, -0.1) is 22.7 Å². The second-order valence-electron chi connectivity index (χ2n) is 22.8. The van der Waals surface area contributed by atoms with Crippen LogP contribution in [0, 0.1) is 12.8 Å². The molecule has 0 aliphatic carbocycles. The van der Waals surface area contributed by atoms with E-state index in [1.54, 1.807) is 10.8 Å². The van der Waals surface area contributed by atoms with Crippen LogP contribution in [-0.2, 0) is 65.0 Å². The van der Waals surface area contributed by atoms with Crippen LogP contribution in [0.25, 0.3) is 10.7 Å². The predicted molar refractivity (Wildman–Crippen MR) is 338 cm³/mol. The van der Waals surface area contributed by atoms with Gasteiger partial charge in [-0.2, -0.15) is 0 Å². The van der Waals surface area contributed by atoms with Gasteiger partial charge in [0.15, 0.2) is 18.7 Å². The number of aliphatic hydroxyl groups is 8. The number of nitrogens with zero attached hydrogens (tertiary/aromatic N) is 6. The van der Waals surface area contributed by atoms with E-state index in [1.165, 1.54) is 50.4 Å². The molecule has 0 spiro atoms. The number of aromatic nitrogens is 6. The monoisotopic (exact) mass is 1410 g/mol. The van der Waals surface area contributed by atoms with Crippen molar-refractivity contribution in [3.63, 3.8) is 0 Å². The highest BCUT2D eigenvalue weighted by Gasteiger charge is 2.53. The van der Waals surface area contributed by atoms with E-state index in [0.717, 1.165) is 24.7 Å². The van der Waals surface area contributed by atoms with Crippen molar-refractivity contribution < 1.29 is 103 Å². The van der Waals surface area contributed by atoms with Crippen molar-refractivity contribution in [3.05, 3.63) is 56.8 Å². The van der Waals surface area contributed by atoms with E-state index in [1.807, 2.05) is 0 Å².